The summed E-state index contributed by atoms with van der Waals surface area (Å²) < 4.78 is 0. The predicted molar refractivity (Wildman–Crippen MR) is 162 cm³/mol. The van der Waals surface area contributed by atoms with Crippen LogP contribution in [0.2, 0.25) is 0 Å². The summed E-state index contributed by atoms with van der Waals surface area (Å²) in [6.45, 7) is 0. The normalized spacial score (nSPS) is 56.9. The average molecular weight is 679 g/mol. The van der Waals surface area contributed by atoms with Crippen molar-refractivity contribution >= 4 is 11.6 Å². The van der Waals surface area contributed by atoms with E-state index < -0.39 is 0 Å². The van der Waals surface area contributed by atoms with E-state index in [1.54, 1.807) is 0 Å². The fourth-order valence-electron chi connectivity index (χ4n) is 12.0. The second kappa shape index (κ2) is 12.5. The van der Waals surface area contributed by atoms with Gasteiger partial charge < -0.3 is 0 Å². The van der Waals surface area contributed by atoms with Crippen molar-refractivity contribution in [3.8, 4) is 0 Å². The number of hydrogen-bond acceptors (Lipinski definition) is 8. The van der Waals surface area contributed by atoms with Crippen LogP contribution < -0.4 is 42.5 Å². The van der Waals surface area contributed by atoms with Crippen LogP contribution in [0.3, 0.4) is 0 Å². The van der Waals surface area contributed by atoms with Crippen LogP contribution in [0.25, 0.3) is 0 Å². The maximum absolute atomic E-state index is 7.19. The van der Waals surface area contributed by atoms with E-state index in [4.69, 9.17) is 11.6 Å². The molecule has 8 nitrogen and oxygen atoms in total. The third-order valence-electron chi connectivity index (χ3n) is 13.8. The van der Waals surface area contributed by atoms with Crippen molar-refractivity contribution in [2.24, 2.45) is 47.3 Å². The predicted octanol–water partition coefficient (Wildman–Crippen LogP) is 2.82. The van der Waals surface area contributed by atoms with Gasteiger partial charge in [-0.05, 0) is 92.8 Å². The first-order valence-electron chi connectivity index (χ1n) is 17.9. The number of nitrogens with one attached hydrogen (secondary N) is 8. The van der Waals surface area contributed by atoms with Gasteiger partial charge in [0.25, 0.3) is 0 Å². The Labute approximate surface area is 277 Å². The van der Waals surface area contributed by atoms with Gasteiger partial charge in [-0.2, -0.15) is 0 Å². The van der Waals surface area contributed by atoms with Crippen molar-refractivity contribution < 1.29 is 26.2 Å². The number of rotatable bonds is 0. The van der Waals surface area contributed by atoms with Crippen LogP contribution in [0.4, 0.5) is 0 Å². The summed E-state index contributed by atoms with van der Waals surface area (Å²) in [6, 6.07) is 0. The van der Waals surface area contributed by atoms with E-state index in [1.165, 1.54) is 89.9 Å². The van der Waals surface area contributed by atoms with E-state index in [0.29, 0.717) is 78.7 Å². The SMILES string of the molecule is ClC1CCCC2C3NC4NC(NC5NC(NC6NC(NC(N3)C12)C1CCCCC61)C1CCCCC51)C1CCCCC41.[Zr]. The molecule has 4 saturated carbocycles. The molecule has 9 fully saturated rings. The van der Waals surface area contributed by atoms with Gasteiger partial charge in [-0.15, -0.1) is 11.6 Å². The molecule has 234 valence electrons. The minimum absolute atomic E-state index is 0. The van der Waals surface area contributed by atoms with Crippen LogP contribution in [0.1, 0.15) is 96.3 Å². The smallest absolute Gasteiger partial charge is 0.0642 e. The third-order valence-corrected chi connectivity index (χ3v) is 14.3. The third kappa shape index (κ3) is 5.19. The monoisotopic (exact) mass is 676 g/mol. The van der Waals surface area contributed by atoms with E-state index in [-0.39, 0.29) is 37.7 Å². The summed E-state index contributed by atoms with van der Waals surface area (Å²) in [5, 5.41) is 33.8. The molecule has 0 radical (unpaired) electrons. The van der Waals surface area contributed by atoms with Crippen molar-refractivity contribution in [2.75, 3.05) is 0 Å². The topological polar surface area (TPSA) is 96.2 Å². The molecule has 0 aromatic heterocycles. The molecule has 17 atom stereocenters. The second-order valence-corrected chi connectivity index (χ2v) is 16.2. The zero-order valence-electron chi connectivity index (χ0n) is 25.3. The van der Waals surface area contributed by atoms with Gasteiger partial charge in [-0.3, -0.25) is 42.5 Å². The van der Waals surface area contributed by atoms with Crippen molar-refractivity contribution in [3.63, 3.8) is 0 Å². The molecule has 17 unspecified atom stereocenters. The Morgan fingerprint density at radius 3 is 0.905 bits per heavy atom. The van der Waals surface area contributed by atoms with E-state index in [0.717, 1.165) is 18.3 Å². The summed E-state index contributed by atoms with van der Waals surface area (Å²) in [6.07, 6.45) is 22.9. The number of fused-ring (bicyclic) bond motifs is 20. The van der Waals surface area contributed by atoms with E-state index >= 15 is 0 Å². The van der Waals surface area contributed by atoms with Gasteiger partial charge in [0.1, 0.15) is 0 Å². The summed E-state index contributed by atoms with van der Waals surface area (Å²) in [5.74, 6) is 5.34. The number of halogens is 1. The zero-order chi connectivity index (χ0) is 27.1. The van der Waals surface area contributed by atoms with Crippen molar-refractivity contribution in [3.05, 3.63) is 0 Å². The fourth-order valence-corrected chi connectivity index (χ4v) is 12.5. The molecule has 5 saturated heterocycles. The largest absolute Gasteiger partial charge is 0.286 e. The molecular weight excluding hydrogens is 623 g/mol. The van der Waals surface area contributed by atoms with Crippen LogP contribution >= 0.6 is 11.6 Å². The van der Waals surface area contributed by atoms with Crippen LogP contribution in [0.5, 0.6) is 0 Å². The van der Waals surface area contributed by atoms with Crippen LogP contribution in [0.15, 0.2) is 0 Å². The fraction of sp³-hybridized carbons (Fsp3) is 1.00. The van der Waals surface area contributed by atoms with Gasteiger partial charge in [0.2, 0.25) is 0 Å². The Kier molecular flexibility index (Phi) is 8.97. The van der Waals surface area contributed by atoms with Crippen molar-refractivity contribution in [1.82, 2.24) is 42.5 Å². The van der Waals surface area contributed by atoms with Gasteiger partial charge in [0, 0.05) is 37.5 Å². The molecule has 0 aromatic rings. The molecule has 8 N–H and O–H groups in total. The molecule has 42 heavy (non-hydrogen) atoms. The standard InChI is InChI=1S/C32H55ClN8.Zr/c33-23-15-7-14-22-24(23)32-40-30-21-13-6-5-12-20(21)28(38-30)36-26-17-9-2-1-8-16(17)25(34-26)35-27-18-10-3-4-11-19(18)29(37-27)39-31(22)41-32;/h16-32,34-41H,1-15H2;. The maximum atomic E-state index is 7.19. The van der Waals surface area contributed by atoms with Crippen LogP contribution in [-0.2, 0) is 26.2 Å². The molecule has 0 amide bonds. The Morgan fingerprint density at radius 1 is 0.310 bits per heavy atom. The van der Waals surface area contributed by atoms with Gasteiger partial charge >= 0.3 is 0 Å². The maximum Gasteiger partial charge on any atom is 0.0642 e. The Hall–Kier alpha value is 0.853. The molecule has 9 aliphatic rings. The molecule has 5 aliphatic heterocycles. The molecule has 0 aromatic carbocycles. The van der Waals surface area contributed by atoms with E-state index in [9.17, 15) is 0 Å². The summed E-state index contributed by atoms with van der Waals surface area (Å²) in [4.78, 5) is 0. The minimum atomic E-state index is 0. The average Bonchev–Trinajstić information content (AvgIpc) is 3.73. The first-order chi connectivity index (χ1) is 20.2. The van der Waals surface area contributed by atoms with Gasteiger partial charge in [-0.1, -0.05) is 44.9 Å². The first kappa shape index (κ1) is 30.2. The summed E-state index contributed by atoms with van der Waals surface area (Å²) in [7, 11) is 0. The molecule has 4 aliphatic carbocycles. The number of hydrogen-bond donors (Lipinski definition) is 8. The number of alkyl halides is 1. The van der Waals surface area contributed by atoms with E-state index in [1.807, 2.05) is 0 Å². The molecule has 0 spiro atoms. The first-order valence-corrected chi connectivity index (χ1v) is 18.4. The van der Waals surface area contributed by atoms with Gasteiger partial charge in [-0.25, -0.2) is 0 Å². The van der Waals surface area contributed by atoms with Gasteiger partial charge in [0.15, 0.2) is 0 Å². The molecular formula is C32H55ClN8Zr. The summed E-state index contributed by atoms with van der Waals surface area (Å²) in [5.41, 5.74) is 0. The van der Waals surface area contributed by atoms with Crippen molar-refractivity contribution in [1.29, 1.82) is 0 Å². The summed E-state index contributed by atoms with van der Waals surface area (Å²) >= 11 is 7.19. The molecule has 8 bridgehead atoms. The van der Waals surface area contributed by atoms with E-state index in [2.05, 4.69) is 42.5 Å². The Morgan fingerprint density at radius 2 is 0.571 bits per heavy atom. The Balaban J connectivity index is 0.00000267. The van der Waals surface area contributed by atoms with Gasteiger partial charge in [0.05, 0.1) is 49.3 Å². The second-order valence-electron chi connectivity index (χ2n) is 15.7. The zero-order valence-corrected chi connectivity index (χ0v) is 28.5. The molecule has 5 heterocycles. The Bertz CT molecular complexity index is 959. The quantitative estimate of drug-likeness (QED) is 0.186. The van der Waals surface area contributed by atoms with Crippen molar-refractivity contribution in [2.45, 2.75) is 151 Å². The molecule has 9 rings (SSSR count). The minimum Gasteiger partial charge on any atom is -0.286 e. The molecule has 10 heteroatoms. The van der Waals surface area contributed by atoms with Crippen LogP contribution in [0, 0.1) is 47.3 Å². The van der Waals surface area contributed by atoms with Crippen LogP contribution in [-0.4, -0.2) is 54.7 Å².